The number of hydrogen-bond acceptors (Lipinski definition) is 8. The predicted octanol–water partition coefficient (Wildman–Crippen LogP) is 2.57. The third-order valence-electron chi connectivity index (χ3n) is 9.47. The van der Waals surface area contributed by atoms with Crippen molar-refractivity contribution in [2.75, 3.05) is 43.6 Å². The van der Waals surface area contributed by atoms with Gasteiger partial charge in [0.2, 0.25) is 27.7 Å². The summed E-state index contributed by atoms with van der Waals surface area (Å²) < 4.78 is 30.2. The van der Waals surface area contributed by atoms with E-state index in [-0.39, 0.29) is 44.5 Å². The van der Waals surface area contributed by atoms with E-state index in [9.17, 15) is 27.6 Å². The van der Waals surface area contributed by atoms with Gasteiger partial charge in [0.05, 0.1) is 18.8 Å². The summed E-state index contributed by atoms with van der Waals surface area (Å²) in [5.74, 6) is -0.607. The summed E-state index contributed by atoms with van der Waals surface area (Å²) in [6, 6.07) is 16.7. The number of anilines is 2. The molecule has 14 heteroatoms. The quantitative estimate of drug-likeness (QED) is 0.312. The molecule has 252 valence electrons. The number of carbonyl (C=O) groups is 4. The first-order valence-electron chi connectivity index (χ1n) is 15.8. The van der Waals surface area contributed by atoms with Gasteiger partial charge in [-0.3, -0.25) is 14.4 Å². The van der Waals surface area contributed by atoms with Crippen LogP contribution in [0, 0.1) is 5.92 Å². The molecule has 13 nitrogen and oxygen atoms in total. The van der Waals surface area contributed by atoms with Crippen LogP contribution in [0.4, 0.5) is 16.3 Å². The molecule has 1 fully saturated rings. The van der Waals surface area contributed by atoms with Crippen LogP contribution in [0.3, 0.4) is 0 Å². The van der Waals surface area contributed by atoms with E-state index in [0.29, 0.717) is 37.2 Å². The number of hydrogen-bond donors (Lipinski definition) is 3. The number of carbonyl (C=O) groups excluding carboxylic acids is 4. The molecule has 1 unspecified atom stereocenters. The molecule has 3 aromatic rings. The number of alkyl carbamates (subject to hydrolysis) is 1. The lowest BCUT2D eigenvalue weighted by Crippen LogP contribution is -2.46. The molecule has 1 saturated heterocycles. The predicted molar refractivity (Wildman–Crippen MR) is 177 cm³/mol. The van der Waals surface area contributed by atoms with Crippen molar-refractivity contribution in [3.8, 4) is 0 Å². The molecule has 1 aliphatic carbocycles. The summed E-state index contributed by atoms with van der Waals surface area (Å²) in [6.45, 7) is 0.479. The molecule has 2 aliphatic heterocycles. The SMILES string of the molecule is COC(=O)NCc1ccccc1CN(CC(=O)Nc1ccc2c(c1)CC1(C2)C(=O)Nc2ncccc21)C(=O)C1CCN(S(C)(=O)=O)CC1. The fraction of sp³-hybridized carbons (Fsp3) is 0.382. The van der Waals surface area contributed by atoms with Crippen LogP contribution in [0.15, 0.2) is 60.8 Å². The van der Waals surface area contributed by atoms with Crippen molar-refractivity contribution in [2.24, 2.45) is 5.92 Å². The highest BCUT2D eigenvalue weighted by atomic mass is 32.2. The molecule has 1 atom stereocenters. The van der Waals surface area contributed by atoms with Crippen molar-refractivity contribution in [1.29, 1.82) is 0 Å². The van der Waals surface area contributed by atoms with Crippen molar-refractivity contribution in [2.45, 2.75) is 44.2 Å². The Bertz CT molecular complexity index is 1870. The average molecular weight is 675 g/mol. The molecule has 48 heavy (non-hydrogen) atoms. The highest BCUT2D eigenvalue weighted by Gasteiger charge is 2.51. The van der Waals surface area contributed by atoms with Crippen molar-refractivity contribution >= 4 is 45.3 Å². The van der Waals surface area contributed by atoms with E-state index in [4.69, 9.17) is 4.74 Å². The number of fused-ring (bicyclic) bond motifs is 3. The maximum Gasteiger partial charge on any atom is 0.407 e. The molecule has 0 saturated carbocycles. The number of rotatable bonds is 9. The van der Waals surface area contributed by atoms with Crippen molar-refractivity contribution in [3.05, 3.63) is 88.6 Å². The van der Waals surface area contributed by atoms with E-state index in [1.54, 1.807) is 12.3 Å². The monoisotopic (exact) mass is 674 g/mol. The van der Waals surface area contributed by atoms with Gasteiger partial charge < -0.3 is 25.6 Å². The zero-order chi connectivity index (χ0) is 34.1. The molecule has 3 aliphatic rings. The Morgan fingerprint density at radius 3 is 2.50 bits per heavy atom. The highest BCUT2D eigenvalue weighted by Crippen LogP contribution is 2.47. The summed E-state index contributed by atoms with van der Waals surface area (Å²) >= 11 is 0. The van der Waals surface area contributed by atoms with Gasteiger partial charge in [0.1, 0.15) is 12.4 Å². The number of piperidine rings is 1. The number of benzene rings is 2. The van der Waals surface area contributed by atoms with Crippen molar-refractivity contribution in [3.63, 3.8) is 0 Å². The van der Waals surface area contributed by atoms with Crippen LogP contribution >= 0.6 is 0 Å². The third-order valence-corrected chi connectivity index (χ3v) is 10.8. The summed E-state index contributed by atoms with van der Waals surface area (Å²) in [4.78, 5) is 58.2. The Balaban J connectivity index is 1.19. The number of methoxy groups -OCH3 is 1. The zero-order valence-electron chi connectivity index (χ0n) is 26.8. The normalized spacial score (nSPS) is 18.9. The van der Waals surface area contributed by atoms with Crippen molar-refractivity contribution in [1.82, 2.24) is 19.5 Å². The molecule has 0 bridgehead atoms. The number of nitrogens with one attached hydrogen (secondary N) is 3. The highest BCUT2D eigenvalue weighted by molar-refractivity contribution is 7.88. The second-order valence-electron chi connectivity index (χ2n) is 12.6. The Morgan fingerprint density at radius 1 is 1.04 bits per heavy atom. The van der Waals surface area contributed by atoms with E-state index in [1.165, 1.54) is 16.3 Å². The molecule has 1 spiro atoms. The van der Waals surface area contributed by atoms with Crippen molar-refractivity contribution < 1.29 is 32.3 Å². The lowest BCUT2D eigenvalue weighted by Gasteiger charge is -2.33. The Labute approximate surface area is 279 Å². The molecule has 3 heterocycles. The minimum absolute atomic E-state index is 0.0865. The van der Waals surface area contributed by atoms with Gasteiger partial charge in [0.15, 0.2) is 0 Å². The van der Waals surface area contributed by atoms with Crippen LogP contribution in [0.2, 0.25) is 0 Å². The summed E-state index contributed by atoms with van der Waals surface area (Å²) in [6.07, 6.45) is 3.91. The van der Waals surface area contributed by atoms with E-state index in [0.717, 1.165) is 34.1 Å². The van der Waals surface area contributed by atoms with E-state index in [1.807, 2.05) is 48.5 Å². The van der Waals surface area contributed by atoms with E-state index in [2.05, 4.69) is 20.9 Å². The number of nitrogens with zero attached hydrogens (tertiary/aromatic N) is 3. The Morgan fingerprint density at radius 2 is 1.77 bits per heavy atom. The molecule has 2 aromatic carbocycles. The van der Waals surface area contributed by atoms with Crippen LogP contribution in [0.1, 0.15) is 40.7 Å². The van der Waals surface area contributed by atoms with Gasteiger partial charge in [-0.15, -0.1) is 0 Å². The van der Waals surface area contributed by atoms with Gasteiger partial charge in [-0.25, -0.2) is 22.5 Å². The maximum absolute atomic E-state index is 13.9. The summed E-state index contributed by atoms with van der Waals surface area (Å²) in [5, 5.41) is 8.50. The number of sulfonamides is 1. The van der Waals surface area contributed by atoms with Crippen LogP contribution in [0.25, 0.3) is 0 Å². The second kappa shape index (κ2) is 13.4. The first kappa shape index (κ1) is 33.1. The van der Waals surface area contributed by atoms with Gasteiger partial charge in [-0.2, -0.15) is 0 Å². The average Bonchev–Trinajstić information content (AvgIpc) is 3.59. The number of amides is 4. The lowest BCUT2D eigenvalue weighted by molar-refractivity contribution is -0.140. The number of aromatic nitrogens is 1. The zero-order valence-corrected chi connectivity index (χ0v) is 27.6. The Kier molecular flexibility index (Phi) is 9.21. The first-order valence-corrected chi connectivity index (χ1v) is 17.6. The fourth-order valence-corrected chi connectivity index (χ4v) is 7.83. The van der Waals surface area contributed by atoms with Gasteiger partial charge >= 0.3 is 6.09 Å². The lowest BCUT2D eigenvalue weighted by atomic mass is 9.79. The minimum Gasteiger partial charge on any atom is -0.453 e. The first-order chi connectivity index (χ1) is 23.0. The van der Waals surface area contributed by atoms with Gasteiger partial charge in [0.25, 0.3) is 0 Å². The second-order valence-corrected chi connectivity index (χ2v) is 14.5. The molecule has 4 amide bonds. The van der Waals surface area contributed by atoms with E-state index < -0.39 is 33.4 Å². The van der Waals surface area contributed by atoms with Gasteiger partial charge in [-0.05, 0) is 66.1 Å². The molecular formula is C34H38N6O7S. The van der Waals surface area contributed by atoms with Gasteiger partial charge in [0, 0.05) is 49.5 Å². The summed E-state index contributed by atoms with van der Waals surface area (Å²) in [7, 11) is -2.10. The van der Waals surface area contributed by atoms with Crippen LogP contribution < -0.4 is 16.0 Å². The minimum atomic E-state index is -3.37. The topological polar surface area (TPSA) is 167 Å². The number of pyridine rings is 1. The number of ether oxygens (including phenoxy) is 1. The van der Waals surface area contributed by atoms with Crippen LogP contribution in [0.5, 0.6) is 0 Å². The smallest absolute Gasteiger partial charge is 0.407 e. The molecule has 3 N–H and O–H groups in total. The van der Waals surface area contributed by atoms with E-state index >= 15 is 0 Å². The fourth-order valence-electron chi connectivity index (χ4n) is 6.95. The third kappa shape index (κ3) is 6.76. The maximum atomic E-state index is 13.9. The largest absolute Gasteiger partial charge is 0.453 e. The van der Waals surface area contributed by atoms with Crippen LogP contribution in [-0.4, -0.2) is 79.4 Å². The molecule has 6 rings (SSSR count). The standard InChI is InChI=1S/C34H38N6O7S/c1-47-33(44)36-19-24-6-3-4-7-25(24)20-39(31(42)22-11-14-40(15-12-22)48(2,45)46)21-29(41)37-27-10-9-23-17-34(18-26(23)16-27)28-8-5-13-35-30(28)38-32(34)43/h3-10,13,16,22H,11-12,14-15,17-21H2,1-2H3,(H,36,44)(H,37,41)(H,35,38,43). The molecular weight excluding hydrogens is 636 g/mol. The Hall–Kier alpha value is -4.82. The summed E-state index contributed by atoms with van der Waals surface area (Å²) in [5.41, 5.74) is 4.17. The molecule has 1 aromatic heterocycles. The van der Waals surface area contributed by atoms with Crippen LogP contribution in [-0.2, 0) is 60.5 Å². The van der Waals surface area contributed by atoms with Gasteiger partial charge in [-0.1, -0.05) is 36.4 Å². The molecule has 0 radical (unpaired) electrons.